The number of benzene rings is 2. The maximum absolute atomic E-state index is 12.3. The standard InChI is InChI=1S/C21H19N3O5/c1-13-4-7-16(8-5-13)24-19(25)15(11-22)12-23-18-10-14(20(26)28-2)6-9-17(18)21(27)29-3/h4-10,12,23H,1-3H3,(H,24,25)/b15-12-. The smallest absolute Gasteiger partial charge is 0.339 e. The van der Waals surface area contributed by atoms with E-state index in [0.29, 0.717) is 5.69 Å². The predicted molar refractivity (Wildman–Crippen MR) is 106 cm³/mol. The van der Waals surface area contributed by atoms with E-state index in [2.05, 4.69) is 15.4 Å². The Balaban J connectivity index is 2.29. The van der Waals surface area contributed by atoms with Gasteiger partial charge in [0.05, 0.1) is 31.0 Å². The van der Waals surface area contributed by atoms with Gasteiger partial charge >= 0.3 is 11.9 Å². The Morgan fingerprint density at radius 2 is 1.66 bits per heavy atom. The second kappa shape index (κ2) is 9.71. The van der Waals surface area contributed by atoms with Crippen LogP contribution in [0.3, 0.4) is 0 Å². The van der Waals surface area contributed by atoms with Crippen LogP contribution in [0.25, 0.3) is 0 Å². The molecule has 0 atom stereocenters. The van der Waals surface area contributed by atoms with Crippen LogP contribution < -0.4 is 10.6 Å². The number of nitrogens with one attached hydrogen (secondary N) is 2. The molecule has 29 heavy (non-hydrogen) atoms. The molecular weight excluding hydrogens is 374 g/mol. The summed E-state index contributed by atoms with van der Waals surface area (Å²) in [7, 11) is 2.44. The van der Waals surface area contributed by atoms with Crippen LogP contribution in [0, 0.1) is 18.3 Å². The van der Waals surface area contributed by atoms with Crippen LogP contribution in [0.5, 0.6) is 0 Å². The zero-order chi connectivity index (χ0) is 21.4. The molecule has 0 saturated carbocycles. The van der Waals surface area contributed by atoms with E-state index in [4.69, 9.17) is 4.74 Å². The van der Waals surface area contributed by atoms with Crippen molar-refractivity contribution in [3.63, 3.8) is 0 Å². The van der Waals surface area contributed by atoms with Crippen molar-refractivity contribution in [1.29, 1.82) is 5.26 Å². The molecule has 0 fully saturated rings. The number of rotatable bonds is 6. The molecule has 0 saturated heterocycles. The van der Waals surface area contributed by atoms with E-state index < -0.39 is 17.8 Å². The van der Waals surface area contributed by atoms with Gasteiger partial charge in [0, 0.05) is 11.9 Å². The lowest BCUT2D eigenvalue weighted by Gasteiger charge is -2.10. The normalized spacial score (nSPS) is 10.5. The Hall–Kier alpha value is -4.12. The summed E-state index contributed by atoms with van der Waals surface area (Å²) in [5.74, 6) is -1.89. The van der Waals surface area contributed by atoms with Crippen molar-refractivity contribution in [2.75, 3.05) is 24.9 Å². The van der Waals surface area contributed by atoms with E-state index in [-0.39, 0.29) is 22.4 Å². The van der Waals surface area contributed by atoms with E-state index in [1.807, 2.05) is 19.1 Å². The van der Waals surface area contributed by atoms with Crippen molar-refractivity contribution in [3.8, 4) is 6.07 Å². The van der Waals surface area contributed by atoms with Gasteiger partial charge in [-0.15, -0.1) is 0 Å². The van der Waals surface area contributed by atoms with Gasteiger partial charge in [0.25, 0.3) is 5.91 Å². The molecular formula is C21H19N3O5. The molecule has 0 radical (unpaired) electrons. The molecule has 0 bridgehead atoms. The van der Waals surface area contributed by atoms with Crippen molar-refractivity contribution in [2.45, 2.75) is 6.92 Å². The molecule has 148 valence electrons. The Kier molecular flexibility index (Phi) is 7.09. The molecule has 0 aliphatic rings. The summed E-state index contributed by atoms with van der Waals surface area (Å²) < 4.78 is 9.38. The Morgan fingerprint density at radius 1 is 1.00 bits per heavy atom. The lowest BCUT2D eigenvalue weighted by atomic mass is 10.1. The summed E-state index contributed by atoms with van der Waals surface area (Å²) in [6.07, 6.45) is 1.15. The summed E-state index contributed by atoms with van der Waals surface area (Å²) >= 11 is 0. The van der Waals surface area contributed by atoms with Crippen LogP contribution in [-0.2, 0) is 14.3 Å². The molecule has 2 aromatic carbocycles. The van der Waals surface area contributed by atoms with Crippen LogP contribution in [-0.4, -0.2) is 32.1 Å². The minimum atomic E-state index is -0.653. The highest BCUT2D eigenvalue weighted by Gasteiger charge is 2.16. The van der Waals surface area contributed by atoms with Gasteiger partial charge in [-0.2, -0.15) is 5.26 Å². The fourth-order valence-corrected chi connectivity index (χ4v) is 2.33. The Morgan fingerprint density at radius 3 is 2.24 bits per heavy atom. The van der Waals surface area contributed by atoms with E-state index in [0.717, 1.165) is 11.8 Å². The molecule has 8 heteroatoms. The van der Waals surface area contributed by atoms with Crippen molar-refractivity contribution in [1.82, 2.24) is 0 Å². The van der Waals surface area contributed by atoms with Crippen molar-refractivity contribution in [2.24, 2.45) is 0 Å². The highest BCUT2D eigenvalue weighted by atomic mass is 16.5. The summed E-state index contributed by atoms with van der Waals surface area (Å²) in [6, 6.07) is 13.0. The van der Waals surface area contributed by atoms with Gasteiger partial charge in [-0.3, -0.25) is 4.79 Å². The number of hydrogen-bond donors (Lipinski definition) is 2. The topological polar surface area (TPSA) is 118 Å². The SMILES string of the molecule is COC(=O)c1ccc(C(=O)OC)c(N/C=C(/C#N)C(=O)Nc2ccc(C)cc2)c1. The third kappa shape index (κ3) is 5.43. The number of aryl methyl sites for hydroxylation is 1. The molecule has 1 amide bonds. The zero-order valence-corrected chi connectivity index (χ0v) is 16.1. The van der Waals surface area contributed by atoms with Gasteiger partial charge in [0.2, 0.25) is 0 Å². The van der Waals surface area contributed by atoms with E-state index in [1.54, 1.807) is 18.2 Å². The zero-order valence-electron chi connectivity index (χ0n) is 16.1. The first-order valence-electron chi connectivity index (χ1n) is 8.45. The van der Waals surface area contributed by atoms with E-state index in [9.17, 15) is 19.6 Å². The first kappa shape index (κ1) is 21.2. The van der Waals surface area contributed by atoms with Gasteiger partial charge < -0.3 is 20.1 Å². The molecule has 0 aliphatic heterocycles. The number of carbonyl (C=O) groups is 3. The minimum Gasteiger partial charge on any atom is -0.465 e. The molecule has 8 nitrogen and oxygen atoms in total. The fraction of sp³-hybridized carbons (Fsp3) is 0.143. The third-order valence-corrected chi connectivity index (χ3v) is 3.89. The molecule has 0 unspecified atom stereocenters. The van der Waals surface area contributed by atoms with Crippen molar-refractivity contribution >= 4 is 29.2 Å². The molecule has 2 N–H and O–H groups in total. The number of nitrogens with zero attached hydrogens (tertiary/aromatic N) is 1. The summed E-state index contributed by atoms with van der Waals surface area (Å²) in [6.45, 7) is 1.91. The van der Waals surface area contributed by atoms with Crippen LogP contribution in [0.4, 0.5) is 11.4 Å². The predicted octanol–water partition coefficient (Wildman–Crippen LogP) is 3.03. The summed E-state index contributed by atoms with van der Waals surface area (Å²) in [5.41, 5.74) is 1.80. The highest BCUT2D eigenvalue weighted by Crippen LogP contribution is 2.20. The number of nitriles is 1. The van der Waals surface area contributed by atoms with Crippen LogP contribution in [0.15, 0.2) is 54.2 Å². The average molecular weight is 393 g/mol. The lowest BCUT2D eigenvalue weighted by Crippen LogP contribution is -2.15. The fourth-order valence-electron chi connectivity index (χ4n) is 2.33. The van der Waals surface area contributed by atoms with Gasteiger partial charge in [-0.25, -0.2) is 9.59 Å². The van der Waals surface area contributed by atoms with Gasteiger partial charge in [-0.1, -0.05) is 17.7 Å². The monoisotopic (exact) mass is 393 g/mol. The number of ether oxygens (including phenoxy) is 2. The van der Waals surface area contributed by atoms with E-state index in [1.165, 1.54) is 32.4 Å². The largest absolute Gasteiger partial charge is 0.465 e. The van der Waals surface area contributed by atoms with Crippen LogP contribution in [0.1, 0.15) is 26.3 Å². The molecule has 2 rings (SSSR count). The van der Waals surface area contributed by atoms with Crippen molar-refractivity contribution in [3.05, 3.63) is 70.9 Å². The number of carbonyl (C=O) groups excluding carboxylic acids is 3. The number of anilines is 2. The average Bonchev–Trinajstić information content (AvgIpc) is 2.74. The molecule has 0 spiro atoms. The van der Waals surface area contributed by atoms with Crippen LogP contribution in [0.2, 0.25) is 0 Å². The number of methoxy groups -OCH3 is 2. The first-order valence-corrected chi connectivity index (χ1v) is 8.45. The highest BCUT2D eigenvalue weighted by molar-refractivity contribution is 6.07. The number of hydrogen-bond acceptors (Lipinski definition) is 7. The van der Waals surface area contributed by atoms with Crippen LogP contribution >= 0.6 is 0 Å². The van der Waals surface area contributed by atoms with Gasteiger partial charge in [0.1, 0.15) is 11.6 Å². The molecule has 0 heterocycles. The Bertz CT molecular complexity index is 1000. The maximum atomic E-state index is 12.3. The van der Waals surface area contributed by atoms with Gasteiger partial charge in [-0.05, 0) is 37.3 Å². The summed E-state index contributed by atoms with van der Waals surface area (Å²) in [4.78, 5) is 36.0. The Labute approximate surface area is 167 Å². The summed E-state index contributed by atoms with van der Waals surface area (Å²) in [5, 5.41) is 14.6. The quantitative estimate of drug-likeness (QED) is 0.440. The second-order valence-electron chi connectivity index (χ2n) is 5.88. The molecule has 0 aliphatic carbocycles. The first-order chi connectivity index (χ1) is 13.9. The van der Waals surface area contributed by atoms with Gasteiger partial charge in [0.15, 0.2) is 0 Å². The molecule has 0 aromatic heterocycles. The van der Waals surface area contributed by atoms with E-state index >= 15 is 0 Å². The molecule has 2 aromatic rings. The maximum Gasteiger partial charge on any atom is 0.339 e. The van der Waals surface area contributed by atoms with Crippen molar-refractivity contribution < 1.29 is 23.9 Å². The number of amides is 1. The number of esters is 2. The lowest BCUT2D eigenvalue weighted by molar-refractivity contribution is -0.112. The minimum absolute atomic E-state index is 0.118. The third-order valence-electron chi connectivity index (χ3n) is 3.89. The second-order valence-corrected chi connectivity index (χ2v) is 5.88.